The summed E-state index contributed by atoms with van der Waals surface area (Å²) in [6, 6.07) is 9.91. The van der Waals surface area contributed by atoms with Gasteiger partial charge in [0.1, 0.15) is 11.6 Å². The van der Waals surface area contributed by atoms with Gasteiger partial charge in [-0.1, -0.05) is 18.2 Å². The van der Waals surface area contributed by atoms with Gasteiger partial charge in [0.2, 0.25) is 5.91 Å². The van der Waals surface area contributed by atoms with E-state index >= 15 is 0 Å². The molecule has 2 aromatic rings. The van der Waals surface area contributed by atoms with Crippen molar-refractivity contribution < 1.29 is 14.3 Å². The van der Waals surface area contributed by atoms with Crippen molar-refractivity contribution in [3.63, 3.8) is 0 Å². The molecule has 1 amide bonds. The SMILES string of the molecule is CN=C(NCCC(=O)Nc1ccc(C)cn1)NCc1ccc(C)cc1OCC1CCOC1. The number of hydrogen-bond acceptors (Lipinski definition) is 5. The number of nitrogens with one attached hydrogen (secondary N) is 3. The predicted octanol–water partition coefficient (Wildman–Crippen LogP) is 2.81. The van der Waals surface area contributed by atoms with Gasteiger partial charge in [-0.2, -0.15) is 0 Å². The van der Waals surface area contributed by atoms with E-state index in [1.54, 1.807) is 19.3 Å². The molecule has 1 saturated heterocycles. The Kier molecular flexibility index (Phi) is 8.86. The predicted molar refractivity (Wildman–Crippen MR) is 126 cm³/mol. The Labute approximate surface area is 189 Å². The number of aromatic nitrogens is 1. The third-order valence-electron chi connectivity index (χ3n) is 5.21. The molecule has 1 aliphatic rings. The minimum absolute atomic E-state index is 0.102. The zero-order valence-electron chi connectivity index (χ0n) is 19.1. The molecule has 32 heavy (non-hydrogen) atoms. The lowest BCUT2D eigenvalue weighted by Gasteiger charge is -2.17. The van der Waals surface area contributed by atoms with Crippen molar-refractivity contribution in [3.05, 3.63) is 53.2 Å². The van der Waals surface area contributed by atoms with Gasteiger partial charge in [-0.25, -0.2) is 4.98 Å². The lowest BCUT2D eigenvalue weighted by atomic mass is 10.1. The van der Waals surface area contributed by atoms with E-state index in [2.05, 4.69) is 51.0 Å². The first kappa shape index (κ1) is 23.5. The molecule has 1 aromatic heterocycles. The second-order valence-electron chi connectivity index (χ2n) is 8.02. The third-order valence-corrected chi connectivity index (χ3v) is 5.21. The van der Waals surface area contributed by atoms with Gasteiger partial charge >= 0.3 is 0 Å². The van der Waals surface area contributed by atoms with Crippen LogP contribution in [-0.4, -0.2) is 50.3 Å². The van der Waals surface area contributed by atoms with Gasteiger partial charge in [-0.3, -0.25) is 9.79 Å². The Morgan fingerprint density at radius 2 is 2.06 bits per heavy atom. The maximum atomic E-state index is 12.1. The number of aliphatic imine (C=N–C) groups is 1. The van der Waals surface area contributed by atoms with E-state index in [4.69, 9.17) is 9.47 Å². The van der Waals surface area contributed by atoms with Crippen molar-refractivity contribution in [3.8, 4) is 5.75 Å². The molecule has 8 heteroatoms. The average molecular weight is 440 g/mol. The van der Waals surface area contributed by atoms with E-state index in [0.717, 1.165) is 42.1 Å². The number of pyridine rings is 1. The van der Waals surface area contributed by atoms with Gasteiger partial charge in [0.15, 0.2) is 5.96 Å². The van der Waals surface area contributed by atoms with Crippen molar-refractivity contribution in [2.75, 3.05) is 38.7 Å². The van der Waals surface area contributed by atoms with E-state index in [-0.39, 0.29) is 5.91 Å². The molecule has 2 heterocycles. The first-order chi connectivity index (χ1) is 15.5. The molecule has 3 N–H and O–H groups in total. The molecule has 172 valence electrons. The summed E-state index contributed by atoms with van der Waals surface area (Å²) in [5.41, 5.74) is 3.26. The van der Waals surface area contributed by atoms with Crippen molar-refractivity contribution >= 4 is 17.7 Å². The number of benzene rings is 1. The summed E-state index contributed by atoms with van der Waals surface area (Å²) in [7, 11) is 1.71. The smallest absolute Gasteiger partial charge is 0.227 e. The summed E-state index contributed by atoms with van der Waals surface area (Å²) < 4.78 is 11.5. The maximum absolute atomic E-state index is 12.1. The molecule has 3 rings (SSSR count). The fourth-order valence-corrected chi connectivity index (χ4v) is 3.31. The quantitative estimate of drug-likeness (QED) is 0.411. The highest BCUT2D eigenvalue weighted by Crippen LogP contribution is 2.22. The number of ether oxygens (including phenoxy) is 2. The summed E-state index contributed by atoms with van der Waals surface area (Å²) in [6.45, 7) is 7.28. The van der Waals surface area contributed by atoms with Crippen molar-refractivity contribution in [2.24, 2.45) is 10.9 Å². The zero-order chi connectivity index (χ0) is 22.8. The molecule has 1 fully saturated rings. The number of guanidine groups is 1. The summed E-state index contributed by atoms with van der Waals surface area (Å²) in [5.74, 6) is 2.41. The molecular formula is C24H33N5O3. The number of hydrogen-bond donors (Lipinski definition) is 3. The van der Waals surface area contributed by atoms with Gasteiger partial charge < -0.3 is 25.4 Å². The summed E-state index contributed by atoms with van der Waals surface area (Å²) in [5, 5.41) is 9.26. The Hall–Kier alpha value is -3.13. The van der Waals surface area contributed by atoms with Crippen LogP contribution >= 0.6 is 0 Å². The highest BCUT2D eigenvalue weighted by Gasteiger charge is 2.17. The standard InChI is InChI=1S/C24H33N5O3/c1-17-4-6-20(21(12-17)32-16-19-9-11-31-15-19)14-28-24(25-3)26-10-8-23(30)29-22-7-5-18(2)13-27-22/h4-7,12-13,19H,8-11,14-16H2,1-3H3,(H2,25,26,28)(H,27,29,30). The molecule has 0 radical (unpaired) electrons. The van der Waals surface area contributed by atoms with Crippen LogP contribution < -0.4 is 20.7 Å². The second-order valence-corrected chi connectivity index (χ2v) is 8.02. The number of carbonyl (C=O) groups is 1. The second kappa shape index (κ2) is 12.0. The lowest BCUT2D eigenvalue weighted by molar-refractivity contribution is -0.116. The minimum Gasteiger partial charge on any atom is -0.493 e. The first-order valence-corrected chi connectivity index (χ1v) is 11.0. The molecule has 0 saturated carbocycles. The van der Waals surface area contributed by atoms with Gasteiger partial charge in [0.05, 0.1) is 13.2 Å². The van der Waals surface area contributed by atoms with Crippen LogP contribution in [0, 0.1) is 19.8 Å². The zero-order valence-corrected chi connectivity index (χ0v) is 19.1. The molecule has 1 aromatic carbocycles. The van der Waals surface area contributed by atoms with Crippen LogP contribution in [0.15, 0.2) is 41.5 Å². The van der Waals surface area contributed by atoms with Crippen molar-refractivity contribution in [1.82, 2.24) is 15.6 Å². The van der Waals surface area contributed by atoms with E-state index in [0.29, 0.717) is 43.8 Å². The van der Waals surface area contributed by atoms with Crippen molar-refractivity contribution in [1.29, 1.82) is 0 Å². The topological polar surface area (TPSA) is 96.9 Å². The van der Waals surface area contributed by atoms with Gasteiger partial charge in [-0.05, 0) is 43.5 Å². The highest BCUT2D eigenvalue weighted by molar-refractivity contribution is 5.90. The van der Waals surface area contributed by atoms with Crippen molar-refractivity contribution in [2.45, 2.75) is 33.2 Å². The molecule has 0 spiro atoms. The fourth-order valence-electron chi connectivity index (χ4n) is 3.31. The third kappa shape index (κ3) is 7.53. The molecule has 0 bridgehead atoms. The van der Waals surface area contributed by atoms with Crippen LogP contribution in [0.25, 0.3) is 0 Å². The van der Waals surface area contributed by atoms with E-state index < -0.39 is 0 Å². The Bertz CT molecular complexity index is 908. The number of carbonyl (C=O) groups excluding carboxylic acids is 1. The van der Waals surface area contributed by atoms with E-state index in [9.17, 15) is 4.79 Å². The van der Waals surface area contributed by atoms with E-state index in [1.807, 2.05) is 13.0 Å². The van der Waals surface area contributed by atoms with Crippen LogP contribution in [-0.2, 0) is 16.1 Å². The monoisotopic (exact) mass is 439 g/mol. The highest BCUT2D eigenvalue weighted by atomic mass is 16.5. The molecule has 1 atom stereocenters. The molecule has 8 nitrogen and oxygen atoms in total. The van der Waals surface area contributed by atoms with E-state index in [1.165, 1.54) is 0 Å². The summed E-state index contributed by atoms with van der Waals surface area (Å²) in [6.07, 6.45) is 3.08. The molecule has 0 aliphatic carbocycles. The number of nitrogens with zero attached hydrogens (tertiary/aromatic N) is 2. The van der Waals surface area contributed by atoms with Gasteiger partial charge in [0.25, 0.3) is 0 Å². The first-order valence-electron chi connectivity index (χ1n) is 11.0. The molecule has 1 aliphatic heterocycles. The largest absolute Gasteiger partial charge is 0.493 e. The number of anilines is 1. The molecule has 1 unspecified atom stereocenters. The van der Waals surface area contributed by atoms with Gasteiger partial charge in [-0.15, -0.1) is 0 Å². The average Bonchev–Trinajstić information content (AvgIpc) is 3.31. The Morgan fingerprint density at radius 1 is 1.22 bits per heavy atom. The van der Waals surface area contributed by atoms with Crippen LogP contribution in [0.5, 0.6) is 5.75 Å². The van der Waals surface area contributed by atoms with Crippen LogP contribution in [0.1, 0.15) is 29.5 Å². The Balaban J connectivity index is 1.44. The van der Waals surface area contributed by atoms with Crippen LogP contribution in [0.3, 0.4) is 0 Å². The molecular weight excluding hydrogens is 406 g/mol. The normalized spacial score (nSPS) is 16.0. The Morgan fingerprint density at radius 3 is 2.78 bits per heavy atom. The fraction of sp³-hybridized carbons (Fsp3) is 0.458. The lowest BCUT2D eigenvalue weighted by Crippen LogP contribution is -2.38. The van der Waals surface area contributed by atoms with Gasteiger partial charge in [0, 0.05) is 50.8 Å². The maximum Gasteiger partial charge on any atom is 0.227 e. The number of amides is 1. The van der Waals surface area contributed by atoms with Crippen LogP contribution in [0.2, 0.25) is 0 Å². The summed E-state index contributed by atoms with van der Waals surface area (Å²) in [4.78, 5) is 20.6. The van der Waals surface area contributed by atoms with Crippen LogP contribution in [0.4, 0.5) is 5.82 Å². The number of rotatable bonds is 9. The minimum atomic E-state index is -0.102. The number of aryl methyl sites for hydroxylation is 2. The summed E-state index contributed by atoms with van der Waals surface area (Å²) >= 11 is 0.